The Labute approximate surface area is 195 Å². The lowest BCUT2D eigenvalue weighted by atomic mass is 10.0. The zero-order valence-corrected chi connectivity index (χ0v) is 19.8. The van der Waals surface area contributed by atoms with Gasteiger partial charge in [-0.3, -0.25) is 4.79 Å². The van der Waals surface area contributed by atoms with E-state index in [1.807, 2.05) is 6.92 Å². The molecule has 0 radical (unpaired) electrons. The molecular formula is C26H33N3O4. The van der Waals surface area contributed by atoms with E-state index in [1.54, 1.807) is 12.0 Å². The van der Waals surface area contributed by atoms with Crippen LogP contribution in [0.1, 0.15) is 51.1 Å². The van der Waals surface area contributed by atoms with E-state index in [2.05, 4.69) is 30.0 Å². The summed E-state index contributed by atoms with van der Waals surface area (Å²) in [5, 5.41) is 9.27. The molecule has 0 bridgehead atoms. The number of piperidine rings is 1. The SMILES string of the molecule is CO[C@@H]1Cc2ccc(OC3CCN(c4nc5c(c(C)c4C)C(=O)N(CCO)C5)CC3)cc2C1. The topological polar surface area (TPSA) is 75.1 Å². The average molecular weight is 452 g/mol. The highest BCUT2D eigenvalue weighted by Crippen LogP contribution is 2.33. The molecule has 33 heavy (non-hydrogen) atoms. The van der Waals surface area contributed by atoms with Crippen molar-refractivity contribution in [1.82, 2.24) is 9.88 Å². The highest BCUT2D eigenvalue weighted by molar-refractivity contribution is 6.00. The highest BCUT2D eigenvalue weighted by Gasteiger charge is 2.33. The third kappa shape index (κ3) is 4.08. The number of hydrogen-bond acceptors (Lipinski definition) is 6. The first kappa shape index (κ1) is 22.2. The first-order chi connectivity index (χ1) is 16.0. The molecule has 0 spiro atoms. The van der Waals surface area contributed by atoms with Gasteiger partial charge in [0, 0.05) is 39.6 Å². The minimum Gasteiger partial charge on any atom is -0.490 e. The van der Waals surface area contributed by atoms with Crippen LogP contribution >= 0.6 is 0 Å². The number of amides is 1. The van der Waals surface area contributed by atoms with Crippen LogP contribution in [-0.4, -0.2) is 66.5 Å². The second-order valence-electron chi connectivity index (χ2n) is 9.46. The Bertz CT molecular complexity index is 1060. The number of aliphatic hydroxyl groups excluding tert-OH is 1. The molecule has 1 atom stereocenters. The lowest BCUT2D eigenvalue weighted by Gasteiger charge is -2.34. The third-order valence-electron chi connectivity index (χ3n) is 7.46. The van der Waals surface area contributed by atoms with E-state index in [1.165, 1.54) is 11.1 Å². The zero-order valence-electron chi connectivity index (χ0n) is 19.8. The Morgan fingerprint density at radius 3 is 2.58 bits per heavy atom. The van der Waals surface area contributed by atoms with Crippen molar-refractivity contribution in [2.75, 3.05) is 38.3 Å². The molecule has 1 aliphatic carbocycles. The van der Waals surface area contributed by atoms with Gasteiger partial charge in [-0.15, -0.1) is 0 Å². The number of pyridine rings is 1. The summed E-state index contributed by atoms with van der Waals surface area (Å²) in [4.78, 5) is 21.6. The number of carbonyl (C=O) groups excluding carboxylic acids is 1. The van der Waals surface area contributed by atoms with Gasteiger partial charge in [-0.05, 0) is 61.1 Å². The number of methoxy groups -OCH3 is 1. The maximum Gasteiger partial charge on any atom is 0.256 e. The van der Waals surface area contributed by atoms with E-state index in [-0.39, 0.29) is 24.7 Å². The average Bonchev–Trinajstić information content (AvgIpc) is 3.37. The number of ether oxygens (including phenoxy) is 2. The third-order valence-corrected chi connectivity index (χ3v) is 7.46. The van der Waals surface area contributed by atoms with Crippen molar-refractivity contribution in [1.29, 1.82) is 0 Å². The fourth-order valence-corrected chi connectivity index (χ4v) is 5.43. The Balaban J connectivity index is 1.25. The summed E-state index contributed by atoms with van der Waals surface area (Å²) in [6, 6.07) is 6.46. The van der Waals surface area contributed by atoms with Crippen LogP contribution in [0.15, 0.2) is 18.2 Å². The summed E-state index contributed by atoms with van der Waals surface area (Å²) in [7, 11) is 1.78. The number of nitrogens with zero attached hydrogens (tertiary/aromatic N) is 3. The molecule has 1 amide bonds. The molecule has 5 rings (SSSR count). The van der Waals surface area contributed by atoms with E-state index in [0.717, 1.165) is 72.7 Å². The number of aromatic nitrogens is 1. The number of fused-ring (bicyclic) bond motifs is 2. The van der Waals surface area contributed by atoms with Gasteiger partial charge in [-0.1, -0.05) is 6.07 Å². The van der Waals surface area contributed by atoms with Gasteiger partial charge < -0.3 is 24.4 Å². The van der Waals surface area contributed by atoms with Crippen LogP contribution in [0.3, 0.4) is 0 Å². The van der Waals surface area contributed by atoms with Crippen LogP contribution < -0.4 is 9.64 Å². The molecule has 3 heterocycles. The van der Waals surface area contributed by atoms with Gasteiger partial charge in [0.2, 0.25) is 0 Å². The van der Waals surface area contributed by atoms with Crippen LogP contribution in [0.4, 0.5) is 5.82 Å². The molecule has 176 valence electrons. The van der Waals surface area contributed by atoms with Crippen LogP contribution in [-0.2, 0) is 24.1 Å². The van der Waals surface area contributed by atoms with Crippen molar-refractivity contribution >= 4 is 11.7 Å². The maximum absolute atomic E-state index is 12.7. The van der Waals surface area contributed by atoms with Crippen LogP contribution in [0, 0.1) is 13.8 Å². The summed E-state index contributed by atoms with van der Waals surface area (Å²) in [5.41, 5.74) is 6.33. The van der Waals surface area contributed by atoms with Gasteiger partial charge in [0.05, 0.1) is 30.5 Å². The number of anilines is 1. The standard InChI is InChI=1S/C26H33N3O4/c1-16-17(2)25(27-23-15-29(10-11-30)26(31)24(16)23)28-8-6-20(7-9-28)33-21-5-4-18-12-22(32-3)14-19(18)13-21/h4-5,13,20,22,30H,6-12,14-15H2,1-3H3/t22-/m1/s1. The Morgan fingerprint density at radius 2 is 1.85 bits per heavy atom. The van der Waals surface area contributed by atoms with Crippen LogP contribution in [0.2, 0.25) is 0 Å². The van der Waals surface area contributed by atoms with E-state index in [4.69, 9.17) is 14.5 Å². The summed E-state index contributed by atoms with van der Waals surface area (Å²) < 4.78 is 11.9. The quantitative estimate of drug-likeness (QED) is 0.728. The number of rotatable bonds is 6. The molecule has 0 saturated carbocycles. The number of aliphatic hydroxyl groups is 1. The van der Waals surface area contributed by atoms with Gasteiger partial charge in [-0.2, -0.15) is 0 Å². The molecule has 0 unspecified atom stereocenters. The number of β-amino-alcohol motifs (C(OH)–C–C–N with tert-alkyl or cyclic N) is 1. The highest BCUT2D eigenvalue weighted by atomic mass is 16.5. The number of carbonyl (C=O) groups is 1. The molecule has 7 heteroatoms. The first-order valence-electron chi connectivity index (χ1n) is 11.9. The molecular weight excluding hydrogens is 418 g/mol. The van der Waals surface area contributed by atoms with Crippen molar-refractivity contribution in [2.45, 2.75) is 58.3 Å². The van der Waals surface area contributed by atoms with Crippen molar-refractivity contribution < 1.29 is 19.4 Å². The molecule has 2 aliphatic heterocycles. The maximum atomic E-state index is 12.7. The van der Waals surface area contributed by atoms with Gasteiger partial charge in [-0.25, -0.2) is 4.98 Å². The normalized spacial score (nSPS) is 20.4. The minimum absolute atomic E-state index is 0.0167. The lowest BCUT2D eigenvalue weighted by molar-refractivity contribution is 0.0744. The van der Waals surface area contributed by atoms with Gasteiger partial charge >= 0.3 is 0 Å². The first-order valence-corrected chi connectivity index (χ1v) is 11.9. The molecule has 1 aromatic carbocycles. The van der Waals surface area contributed by atoms with Crippen molar-refractivity contribution in [3.05, 3.63) is 51.7 Å². The second kappa shape index (κ2) is 8.95. The Hall–Kier alpha value is -2.64. The number of hydrogen-bond donors (Lipinski definition) is 1. The van der Waals surface area contributed by atoms with Crippen molar-refractivity contribution in [3.63, 3.8) is 0 Å². The van der Waals surface area contributed by atoms with Crippen molar-refractivity contribution in [2.24, 2.45) is 0 Å². The fraction of sp³-hybridized carbons (Fsp3) is 0.538. The van der Waals surface area contributed by atoms with Gasteiger partial charge in [0.25, 0.3) is 5.91 Å². The van der Waals surface area contributed by atoms with Gasteiger partial charge in [0.1, 0.15) is 17.7 Å². The van der Waals surface area contributed by atoms with E-state index >= 15 is 0 Å². The van der Waals surface area contributed by atoms with Crippen LogP contribution in [0.5, 0.6) is 5.75 Å². The Kier molecular flexibility index (Phi) is 6.01. The minimum atomic E-state index is -0.0324. The lowest BCUT2D eigenvalue weighted by Crippen LogP contribution is -2.39. The fourth-order valence-electron chi connectivity index (χ4n) is 5.43. The van der Waals surface area contributed by atoms with Crippen molar-refractivity contribution in [3.8, 4) is 5.75 Å². The van der Waals surface area contributed by atoms with Gasteiger partial charge in [0.15, 0.2) is 0 Å². The molecule has 3 aliphatic rings. The smallest absolute Gasteiger partial charge is 0.256 e. The second-order valence-corrected chi connectivity index (χ2v) is 9.46. The monoisotopic (exact) mass is 451 g/mol. The summed E-state index contributed by atoms with van der Waals surface area (Å²) >= 11 is 0. The Morgan fingerprint density at radius 1 is 1.09 bits per heavy atom. The molecule has 7 nitrogen and oxygen atoms in total. The largest absolute Gasteiger partial charge is 0.490 e. The van der Waals surface area contributed by atoms with E-state index in [9.17, 15) is 9.90 Å². The molecule has 1 fully saturated rings. The van der Waals surface area contributed by atoms with Crippen LogP contribution in [0.25, 0.3) is 0 Å². The summed E-state index contributed by atoms with van der Waals surface area (Å²) in [6.45, 7) is 6.61. The molecule has 1 saturated heterocycles. The molecule has 2 aromatic rings. The number of benzene rings is 1. The zero-order chi connectivity index (χ0) is 23.1. The predicted molar refractivity (Wildman–Crippen MR) is 126 cm³/mol. The van der Waals surface area contributed by atoms with E-state index in [0.29, 0.717) is 13.1 Å². The summed E-state index contributed by atoms with van der Waals surface area (Å²) in [6.07, 6.45) is 4.30. The summed E-state index contributed by atoms with van der Waals surface area (Å²) in [5.74, 6) is 1.91. The molecule has 1 aromatic heterocycles. The molecule has 1 N–H and O–H groups in total. The van der Waals surface area contributed by atoms with E-state index < -0.39 is 0 Å². The predicted octanol–water partition coefficient (Wildman–Crippen LogP) is 2.81.